The van der Waals surface area contributed by atoms with Gasteiger partial charge < -0.3 is 4.52 Å². The van der Waals surface area contributed by atoms with E-state index in [0.717, 1.165) is 18.2 Å². The van der Waals surface area contributed by atoms with Crippen molar-refractivity contribution in [1.82, 2.24) is 5.16 Å². The molecule has 104 valence electrons. The van der Waals surface area contributed by atoms with Crippen LogP contribution < -0.4 is 5.32 Å². The summed E-state index contributed by atoms with van der Waals surface area (Å²) in [5.41, 5.74) is 0.299. The molecule has 1 amide bonds. The van der Waals surface area contributed by atoms with Crippen LogP contribution in [-0.4, -0.2) is 16.0 Å². The minimum absolute atomic E-state index is 0.0751. The number of nitro groups is 1. The summed E-state index contributed by atoms with van der Waals surface area (Å²) in [5.74, 6) is -1.51. The zero-order valence-corrected chi connectivity index (χ0v) is 10.6. The van der Waals surface area contributed by atoms with Gasteiger partial charge in [-0.1, -0.05) is 5.16 Å². The third-order valence-corrected chi connectivity index (χ3v) is 2.78. The standard InChI is InChI=1S/C12H10FN3O4/c1-6-7(2)15-20-12(6)14-11(17)9-5-8(13)3-4-10(9)16(18)19/h3-5H,1-2H3,(H,14,17). The highest BCUT2D eigenvalue weighted by Crippen LogP contribution is 2.23. The summed E-state index contributed by atoms with van der Waals surface area (Å²) >= 11 is 0. The number of carbonyl (C=O) groups is 1. The fourth-order valence-corrected chi connectivity index (χ4v) is 1.55. The number of amides is 1. The lowest BCUT2D eigenvalue weighted by atomic mass is 10.1. The molecule has 20 heavy (non-hydrogen) atoms. The van der Waals surface area contributed by atoms with E-state index in [4.69, 9.17) is 4.52 Å². The molecule has 0 atom stereocenters. The molecule has 0 aliphatic carbocycles. The molecule has 0 aliphatic heterocycles. The number of anilines is 1. The second kappa shape index (κ2) is 5.08. The first-order valence-corrected chi connectivity index (χ1v) is 5.58. The van der Waals surface area contributed by atoms with Gasteiger partial charge in [0.1, 0.15) is 11.4 Å². The fraction of sp³-hybridized carbons (Fsp3) is 0.167. The van der Waals surface area contributed by atoms with Crippen molar-refractivity contribution in [3.05, 3.63) is 51.0 Å². The molecule has 1 heterocycles. The first kappa shape index (κ1) is 13.7. The van der Waals surface area contributed by atoms with Crippen LogP contribution in [0.1, 0.15) is 21.6 Å². The highest BCUT2D eigenvalue weighted by atomic mass is 19.1. The highest BCUT2D eigenvalue weighted by Gasteiger charge is 2.22. The highest BCUT2D eigenvalue weighted by molar-refractivity contribution is 6.06. The van der Waals surface area contributed by atoms with Crippen molar-refractivity contribution >= 4 is 17.5 Å². The number of halogens is 1. The summed E-state index contributed by atoms with van der Waals surface area (Å²) in [6, 6.07) is 2.65. The molecule has 2 rings (SSSR count). The van der Waals surface area contributed by atoms with Gasteiger partial charge in [-0.2, -0.15) is 0 Å². The Morgan fingerprint density at radius 2 is 2.15 bits per heavy atom. The van der Waals surface area contributed by atoms with Gasteiger partial charge in [0.15, 0.2) is 0 Å². The van der Waals surface area contributed by atoms with Gasteiger partial charge in [-0.3, -0.25) is 20.2 Å². The van der Waals surface area contributed by atoms with Crippen LogP contribution in [0.2, 0.25) is 0 Å². The van der Waals surface area contributed by atoms with Gasteiger partial charge in [-0.25, -0.2) is 4.39 Å². The van der Waals surface area contributed by atoms with Crippen LogP contribution in [0, 0.1) is 29.8 Å². The topological polar surface area (TPSA) is 98.3 Å². The third kappa shape index (κ3) is 2.48. The average molecular weight is 279 g/mol. The van der Waals surface area contributed by atoms with Crippen LogP contribution in [0.5, 0.6) is 0 Å². The Morgan fingerprint density at radius 3 is 2.70 bits per heavy atom. The van der Waals surface area contributed by atoms with Gasteiger partial charge in [-0.05, 0) is 26.0 Å². The van der Waals surface area contributed by atoms with Gasteiger partial charge in [0.05, 0.1) is 10.6 Å². The summed E-state index contributed by atoms with van der Waals surface area (Å²) in [5, 5.41) is 16.8. The largest absolute Gasteiger partial charge is 0.338 e. The molecule has 0 fully saturated rings. The van der Waals surface area contributed by atoms with E-state index in [0.29, 0.717) is 11.3 Å². The Morgan fingerprint density at radius 1 is 1.45 bits per heavy atom. The molecule has 2 aromatic rings. The number of nitrogens with zero attached hydrogens (tertiary/aromatic N) is 2. The Bertz CT molecular complexity index is 696. The maximum Gasteiger partial charge on any atom is 0.282 e. The van der Waals surface area contributed by atoms with Gasteiger partial charge in [-0.15, -0.1) is 0 Å². The van der Waals surface area contributed by atoms with Gasteiger partial charge >= 0.3 is 0 Å². The molecule has 1 aromatic heterocycles. The minimum Gasteiger partial charge on any atom is -0.338 e. The minimum atomic E-state index is -0.838. The number of aromatic nitrogens is 1. The summed E-state index contributed by atoms with van der Waals surface area (Å²) in [4.78, 5) is 22.1. The molecule has 8 heteroatoms. The van der Waals surface area contributed by atoms with Crippen molar-refractivity contribution in [2.45, 2.75) is 13.8 Å². The Balaban J connectivity index is 2.36. The molecule has 0 unspecified atom stereocenters. The van der Waals surface area contributed by atoms with E-state index in [1.165, 1.54) is 0 Å². The van der Waals surface area contributed by atoms with E-state index < -0.39 is 22.3 Å². The molecule has 0 radical (unpaired) electrons. The molecule has 1 aromatic carbocycles. The summed E-state index contributed by atoms with van der Waals surface area (Å²) in [6.07, 6.45) is 0. The smallest absolute Gasteiger partial charge is 0.282 e. The van der Waals surface area contributed by atoms with Crippen molar-refractivity contribution in [1.29, 1.82) is 0 Å². The van der Waals surface area contributed by atoms with Gasteiger partial charge in [0, 0.05) is 11.6 Å². The molecule has 0 saturated carbocycles. The van der Waals surface area contributed by atoms with Crippen molar-refractivity contribution < 1.29 is 18.6 Å². The number of hydrogen-bond donors (Lipinski definition) is 1. The second-order valence-corrected chi connectivity index (χ2v) is 4.09. The van der Waals surface area contributed by atoms with Crippen LogP contribution in [0.3, 0.4) is 0 Å². The number of benzene rings is 1. The molecule has 0 saturated heterocycles. The number of nitrogens with one attached hydrogen (secondary N) is 1. The Hall–Kier alpha value is -2.77. The van der Waals surface area contributed by atoms with Crippen molar-refractivity contribution in [3.8, 4) is 0 Å². The van der Waals surface area contributed by atoms with Crippen LogP contribution in [0.25, 0.3) is 0 Å². The molecular formula is C12H10FN3O4. The van der Waals surface area contributed by atoms with Crippen LogP contribution in [0.15, 0.2) is 22.7 Å². The zero-order valence-electron chi connectivity index (χ0n) is 10.6. The lowest BCUT2D eigenvalue weighted by molar-refractivity contribution is -0.385. The van der Waals surface area contributed by atoms with E-state index in [1.54, 1.807) is 13.8 Å². The predicted octanol–water partition coefficient (Wildman–Crippen LogP) is 2.59. The normalized spacial score (nSPS) is 10.3. The third-order valence-electron chi connectivity index (χ3n) is 2.78. The quantitative estimate of drug-likeness (QED) is 0.687. The number of aryl methyl sites for hydroxylation is 1. The zero-order chi connectivity index (χ0) is 14.9. The van der Waals surface area contributed by atoms with E-state index >= 15 is 0 Å². The molecule has 0 spiro atoms. The number of rotatable bonds is 3. The Labute approximate surface area is 112 Å². The van der Waals surface area contributed by atoms with Crippen LogP contribution in [-0.2, 0) is 0 Å². The maximum absolute atomic E-state index is 13.2. The van der Waals surface area contributed by atoms with Crippen molar-refractivity contribution in [3.63, 3.8) is 0 Å². The summed E-state index contributed by atoms with van der Waals surface area (Å²) < 4.78 is 18.0. The van der Waals surface area contributed by atoms with Crippen LogP contribution in [0.4, 0.5) is 16.0 Å². The number of hydrogen-bond acceptors (Lipinski definition) is 5. The number of carbonyl (C=O) groups excluding carboxylic acids is 1. The summed E-state index contributed by atoms with van der Waals surface area (Å²) in [6.45, 7) is 3.35. The SMILES string of the molecule is Cc1noc(NC(=O)c2cc(F)ccc2[N+](=O)[O-])c1C. The lowest BCUT2D eigenvalue weighted by Crippen LogP contribution is -2.14. The second-order valence-electron chi connectivity index (χ2n) is 4.09. The van der Waals surface area contributed by atoms with Crippen molar-refractivity contribution in [2.24, 2.45) is 0 Å². The lowest BCUT2D eigenvalue weighted by Gasteiger charge is -2.03. The van der Waals surface area contributed by atoms with E-state index in [1.807, 2.05) is 0 Å². The first-order chi connectivity index (χ1) is 9.40. The van der Waals surface area contributed by atoms with E-state index in [-0.39, 0.29) is 11.4 Å². The molecular weight excluding hydrogens is 269 g/mol. The molecule has 0 aliphatic rings. The monoisotopic (exact) mass is 279 g/mol. The van der Waals surface area contributed by atoms with E-state index in [9.17, 15) is 19.3 Å². The first-order valence-electron chi connectivity index (χ1n) is 5.58. The summed E-state index contributed by atoms with van der Waals surface area (Å²) in [7, 11) is 0. The number of nitro benzene ring substituents is 1. The molecule has 0 bridgehead atoms. The van der Waals surface area contributed by atoms with Crippen molar-refractivity contribution in [2.75, 3.05) is 5.32 Å². The van der Waals surface area contributed by atoms with E-state index in [2.05, 4.69) is 10.5 Å². The molecule has 7 nitrogen and oxygen atoms in total. The fourth-order valence-electron chi connectivity index (χ4n) is 1.55. The Kier molecular flexibility index (Phi) is 3.47. The molecule has 1 N–H and O–H groups in total. The van der Waals surface area contributed by atoms with Gasteiger partial charge in [0.25, 0.3) is 11.6 Å². The van der Waals surface area contributed by atoms with Crippen LogP contribution >= 0.6 is 0 Å². The van der Waals surface area contributed by atoms with Gasteiger partial charge in [0.2, 0.25) is 5.88 Å². The predicted molar refractivity (Wildman–Crippen MR) is 67.0 cm³/mol. The maximum atomic E-state index is 13.2. The average Bonchev–Trinajstić information content (AvgIpc) is 2.70.